The van der Waals surface area contributed by atoms with E-state index in [0.29, 0.717) is 13.0 Å². The molecule has 0 fully saturated rings. The average Bonchev–Trinajstić information content (AvgIpc) is 2.46. The topological polar surface area (TPSA) is 77.8 Å². The van der Waals surface area contributed by atoms with Gasteiger partial charge in [-0.2, -0.15) is 4.31 Å². The molecule has 0 amide bonds. The van der Waals surface area contributed by atoms with E-state index in [2.05, 4.69) is 11.8 Å². The van der Waals surface area contributed by atoms with Crippen LogP contribution in [0.25, 0.3) is 0 Å². The van der Waals surface area contributed by atoms with Gasteiger partial charge in [0.15, 0.2) is 0 Å². The lowest BCUT2D eigenvalue weighted by molar-refractivity contribution is 0.257. The number of nitrogens with zero attached hydrogens (tertiary/aromatic N) is 1. The third kappa shape index (κ3) is 4.55. The van der Waals surface area contributed by atoms with Crippen LogP contribution in [0.5, 0.6) is 0 Å². The molecule has 0 aliphatic heterocycles. The van der Waals surface area contributed by atoms with E-state index in [1.807, 2.05) is 0 Å². The van der Waals surface area contributed by atoms with Crippen molar-refractivity contribution < 1.29 is 18.6 Å². The lowest BCUT2D eigenvalue weighted by Crippen LogP contribution is -2.33. The first-order chi connectivity index (χ1) is 9.97. The molecule has 2 N–H and O–H groups in total. The van der Waals surface area contributed by atoms with Crippen LogP contribution in [0, 0.1) is 18.8 Å². The maximum Gasteiger partial charge on any atom is 0.243 e. The van der Waals surface area contributed by atoms with Gasteiger partial charge in [0.05, 0.1) is 18.1 Å². The van der Waals surface area contributed by atoms with Crippen LogP contribution < -0.4 is 0 Å². The molecule has 6 heteroatoms. The summed E-state index contributed by atoms with van der Waals surface area (Å²) >= 11 is 0. The number of aryl methyl sites for hydroxylation is 1. The maximum absolute atomic E-state index is 12.4. The molecule has 0 aliphatic carbocycles. The van der Waals surface area contributed by atoms with Crippen molar-refractivity contribution in [3.05, 3.63) is 29.3 Å². The van der Waals surface area contributed by atoms with Crippen molar-refractivity contribution in [1.29, 1.82) is 0 Å². The van der Waals surface area contributed by atoms with Crippen LogP contribution in [0.3, 0.4) is 0 Å². The van der Waals surface area contributed by atoms with Crippen molar-refractivity contribution >= 4 is 10.0 Å². The first-order valence-corrected chi connectivity index (χ1v) is 8.22. The number of hydrogen-bond donors (Lipinski definition) is 2. The molecule has 1 aromatic carbocycles. The molecule has 1 aromatic rings. The first kappa shape index (κ1) is 17.7. The second-order valence-electron chi connectivity index (χ2n) is 4.47. The summed E-state index contributed by atoms with van der Waals surface area (Å²) in [5.74, 6) is 5.71. The van der Waals surface area contributed by atoms with Crippen molar-refractivity contribution in [3.8, 4) is 11.8 Å². The Bertz CT molecular complexity index is 629. The molecule has 1 rings (SSSR count). The van der Waals surface area contributed by atoms with Crippen molar-refractivity contribution in [2.45, 2.75) is 25.2 Å². The van der Waals surface area contributed by atoms with Gasteiger partial charge in [0.25, 0.3) is 0 Å². The standard InChI is InChI=1S/C15H21NO4S/c1-3-16(9-11-18)21(19,20)15-8-7-14(13(2)12-15)6-4-5-10-17/h7-8,12,17-18H,3,5,9-11H2,1-2H3. The third-order valence-corrected chi connectivity index (χ3v) is 4.97. The number of hydrogen-bond acceptors (Lipinski definition) is 4. The van der Waals surface area contributed by atoms with Gasteiger partial charge in [-0.3, -0.25) is 0 Å². The van der Waals surface area contributed by atoms with E-state index in [1.54, 1.807) is 26.0 Å². The highest BCUT2D eigenvalue weighted by Crippen LogP contribution is 2.19. The minimum Gasteiger partial charge on any atom is -0.395 e. The predicted octanol–water partition coefficient (Wildman–Crippen LogP) is 0.732. The van der Waals surface area contributed by atoms with Crippen LogP contribution in [0.2, 0.25) is 0 Å². The minimum absolute atomic E-state index is 0.00509. The van der Waals surface area contributed by atoms with E-state index in [4.69, 9.17) is 10.2 Å². The van der Waals surface area contributed by atoms with Crippen molar-refractivity contribution in [1.82, 2.24) is 4.31 Å². The number of likely N-dealkylation sites (N-methyl/N-ethyl adjacent to an activating group) is 1. The largest absolute Gasteiger partial charge is 0.395 e. The van der Waals surface area contributed by atoms with Crippen LogP contribution in [-0.4, -0.2) is 49.2 Å². The summed E-state index contributed by atoms with van der Waals surface area (Å²) in [6.45, 7) is 3.71. The van der Waals surface area contributed by atoms with Gasteiger partial charge in [0, 0.05) is 25.1 Å². The van der Waals surface area contributed by atoms with Crippen LogP contribution >= 0.6 is 0 Å². The van der Waals surface area contributed by atoms with Gasteiger partial charge < -0.3 is 10.2 Å². The van der Waals surface area contributed by atoms with Crippen molar-refractivity contribution in [2.24, 2.45) is 0 Å². The molecule has 0 radical (unpaired) electrons. The summed E-state index contributed by atoms with van der Waals surface area (Å²) in [5.41, 5.74) is 1.51. The van der Waals surface area contributed by atoms with Crippen LogP contribution in [0.1, 0.15) is 24.5 Å². The van der Waals surface area contributed by atoms with Crippen LogP contribution in [0.15, 0.2) is 23.1 Å². The molecule has 0 spiro atoms. The third-order valence-electron chi connectivity index (χ3n) is 3.00. The van der Waals surface area contributed by atoms with Crippen molar-refractivity contribution in [2.75, 3.05) is 26.3 Å². The first-order valence-electron chi connectivity index (χ1n) is 6.78. The highest BCUT2D eigenvalue weighted by Gasteiger charge is 2.22. The summed E-state index contributed by atoms with van der Waals surface area (Å²) in [5, 5.41) is 17.6. The monoisotopic (exact) mass is 311 g/mol. The second-order valence-corrected chi connectivity index (χ2v) is 6.41. The zero-order valence-electron chi connectivity index (χ0n) is 12.3. The zero-order valence-corrected chi connectivity index (χ0v) is 13.2. The Labute approximate surface area is 126 Å². The lowest BCUT2D eigenvalue weighted by Gasteiger charge is -2.19. The van der Waals surface area contributed by atoms with E-state index in [0.717, 1.165) is 11.1 Å². The van der Waals surface area contributed by atoms with Crippen LogP contribution in [0.4, 0.5) is 0 Å². The number of aliphatic hydroxyl groups is 2. The highest BCUT2D eigenvalue weighted by molar-refractivity contribution is 7.89. The fraction of sp³-hybridized carbons (Fsp3) is 0.467. The summed E-state index contributed by atoms with van der Waals surface area (Å²) in [4.78, 5) is 0.197. The smallest absolute Gasteiger partial charge is 0.243 e. The Morgan fingerprint density at radius 1 is 1.24 bits per heavy atom. The van der Waals surface area contributed by atoms with E-state index in [-0.39, 0.29) is 24.7 Å². The average molecular weight is 311 g/mol. The van der Waals surface area contributed by atoms with Gasteiger partial charge in [-0.05, 0) is 30.7 Å². The summed E-state index contributed by atoms with van der Waals surface area (Å²) < 4.78 is 26.1. The quantitative estimate of drug-likeness (QED) is 0.759. The molecular weight excluding hydrogens is 290 g/mol. The van der Waals surface area contributed by atoms with Gasteiger partial charge in [-0.1, -0.05) is 18.8 Å². The van der Waals surface area contributed by atoms with E-state index in [1.165, 1.54) is 10.4 Å². The second kappa shape index (κ2) is 8.15. The fourth-order valence-electron chi connectivity index (χ4n) is 1.86. The minimum atomic E-state index is -3.59. The fourth-order valence-corrected chi connectivity index (χ4v) is 3.39. The summed E-state index contributed by atoms with van der Waals surface area (Å²) in [7, 11) is -3.59. The Kier molecular flexibility index (Phi) is 6.85. The Morgan fingerprint density at radius 3 is 2.48 bits per heavy atom. The van der Waals surface area contributed by atoms with E-state index >= 15 is 0 Å². The maximum atomic E-state index is 12.4. The summed E-state index contributed by atoms with van der Waals surface area (Å²) in [6.07, 6.45) is 0.388. The molecule has 5 nitrogen and oxygen atoms in total. The zero-order chi connectivity index (χ0) is 15.9. The number of sulfonamides is 1. The summed E-state index contributed by atoms with van der Waals surface area (Å²) in [6, 6.07) is 4.77. The van der Waals surface area contributed by atoms with E-state index < -0.39 is 10.0 Å². The normalized spacial score (nSPS) is 11.3. The molecule has 0 aliphatic rings. The molecule has 0 aromatic heterocycles. The molecular formula is C15H21NO4S. The Hall–Kier alpha value is -1.39. The molecule has 116 valence electrons. The molecule has 0 heterocycles. The lowest BCUT2D eigenvalue weighted by atomic mass is 10.1. The SMILES string of the molecule is CCN(CCO)S(=O)(=O)c1ccc(C#CCCO)c(C)c1. The van der Waals surface area contributed by atoms with Gasteiger partial charge in [-0.25, -0.2) is 8.42 Å². The van der Waals surface area contributed by atoms with Crippen LogP contribution in [-0.2, 0) is 10.0 Å². The predicted molar refractivity (Wildman–Crippen MR) is 81.3 cm³/mol. The Balaban J connectivity index is 3.11. The number of benzene rings is 1. The molecule has 0 saturated heterocycles. The highest BCUT2D eigenvalue weighted by atomic mass is 32.2. The van der Waals surface area contributed by atoms with Gasteiger partial charge in [0.1, 0.15) is 0 Å². The molecule has 0 atom stereocenters. The van der Waals surface area contributed by atoms with E-state index in [9.17, 15) is 8.42 Å². The van der Waals surface area contributed by atoms with Crippen molar-refractivity contribution in [3.63, 3.8) is 0 Å². The number of aliphatic hydroxyl groups excluding tert-OH is 2. The molecule has 0 saturated carbocycles. The van der Waals surface area contributed by atoms with Gasteiger partial charge >= 0.3 is 0 Å². The number of rotatable bonds is 6. The van der Waals surface area contributed by atoms with Gasteiger partial charge in [0.2, 0.25) is 10.0 Å². The molecule has 0 bridgehead atoms. The van der Waals surface area contributed by atoms with Gasteiger partial charge in [-0.15, -0.1) is 0 Å². The molecule has 21 heavy (non-hydrogen) atoms. The Morgan fingerprint density at radius 2 is 1.95 bits per heavy atom. The molecule has 0 unspecified atom stereocenters.